The van der Waals surface area contributed by atoms with Gasteiger partial charge in [0.15, 0.2) is 0 Å². The molecule has 0 bridgehead atoms. The van der Waals surface area contributed by atoms with Gasteiger partial charge in [-0.2, -0.15) is 5.10 Å². The van der Waals surface area contributed by atoms with E-state index in [1.165, 1.54) is 5.56 Å². The summed E-state index contributed by atoms with van der Waals surface area (Å²) in [6.07, 6.45) is 2.08. The minimum atomic E-state index is 0.715. The topological polar surface area (TPSA) is 29.9 Å². The molecule has 0 aliphatic rings. The van der Waals surface area contributed by atoms with Crippen LogP contribution in [0.5, 0.6) is 0 Å². The van der Waals surface area contributed by atoms with Gasteiger partial charge >= 0.3 is 0 Å². The second-order valence-electron chi connectivity index (χ2n) is 4.31. The monoisotopic (exact) mass is 263 g/mol. The molecule has 0 amide bonds. The highest BCUT2D eigenvalue weighted by atomic mass is 35.5. The van der Waals surface area contributed by atoms with E-state index in [4.69, 9.17) is 11.6 Å². The van der Waals surface area contributed by atoms with Crippen molar-refractivity contribution in [1.29, 1.82) is 0 Å². The molecule has 2 aromatic rings. The maximum Gasteiger partial charge on any atom is 0.0674 e. The Morgan fingerprint density at radius 3 is 2.78 bits per heavy atom. The molecular weight excluding hydrogens is 246 g/mol. The number of aryl methyl sites for hydroxylation is 1. The molecule has 0 atom stereocenters. The zero-order chi connectivity index (χ0) is 13.0. The van der Waals surface area contributed by atoms with Crippen LogP contribution < -0.4 is 5.32 Å². The van der Waals surface area contributed by atoms with Crippen LogP contribution >= 0.6 is 11.6 Å². The summed E-state index contributed by atoms with van der Waals surface area (Å²) in [4.78, 5) is 0. The van der Waals surface area contributed by atoms with Gasteiger partial charge in [0, 0.05) is 23.3 Å². The van der Waals surface area contributed by atoms with E-state index in [0.717, 1.165) is 29.4 Å². The average molecular weight is 264 g/mol. The van der Waals surface area contributed by atoms with E-state index in [2.05, 4.69) is 23.5 Å². The van der Waals surface area contributed by atoms with Crippen molar-refractivity contribution in [2.75, 3.05) is 6.54 Å². The number of aromatic nitrogens is 2. The molecule has 18 heavy (non-hydrogen) atoms. The molecule has 0 radical (unpaired) electrons. The standard InChI is InChI=1S/C14H18ClN3/c1-3-16-8-13-10-18(17-11(13)2)9-12-6-4-5-7-14(12)15/h4-7,10,16H,3,8-9H2,1-2H3. The Hall–Kier alpha value is -1.32. The molecule has 0 aliphatic heterocycles. The largest absolute Gasteiger partial charge is 0.313 e. The fourth-order valence-corrected chi connectivity index (χ4v) is 2.07. The molecule has 0 saturated heterocycles. The maximum absolute atomic E-state index is 6.15. The molecule has 0 fully saturated rings. The molecular formula is C14H18ClN3. The molecule has 0 unspecified atom stereocenters. The van der Waals surface area contributed by atoms with E-state index >= 15 is 0 Å². The highest BCUT2D eigenvalue weighted by Gasteiger charge is 2.06. The minimum absolute atomic E-state index is 0.715. The Morgan fingerprint density at radius 2 is 2.06 bits per heavy atom. The van der Waals surface area contributed by atoms with Crippen LogP contribution in [0.15, 0.2) is 30.5 Å². The van der Waals surface area contributed by atoms with Crippen LogP contribution in [0.2, 0.25) is 5.02 Å². The van der Waals surface area contributed by atoms with Crippen molar-refractivity contribution in [3.63, 3.8) is 0 Å². The molecule has 1 N–H and O–H groups in total. The van der Waals surface area contributed by atoms with Gasteiger partial charge in [0.2, 0.25) is 0 Å². The first-order valence-electron chi connectivity index (χ1n) is 6.17. The summed E-state index contributed by atoms with van der Waals surface area (Å²) < 4.78 is 1.95. The summed E-state index contributed by atoms with van der Waals surface area (Å²) in [7, 11) is 0. The van der Waals surface area contributed by atoms with Crippen LogP contribution in [0.3, 0.4) is 0 Å². The van der Waals surface area contributed by atoms with Crippen molar-refractivity contribution >= 4 is 11.6 Å². The van der Waals surface area contributed by atoms with Gasteiger partial charge in [0.25, 0.3) is 0 Å². The van der Waals surface area contributed by atoms with Gasteiger partial charge in [-0.3, -0.25) is 4.68 Å². The Bertz CT molecular complexity index is 520. The van der Waals surface area contributed by atoms with Gasteiger partial charge < -0.3 is 5.32 Å². The van der Waals surface area contributed by atoms with Gasteiger partial charge in [0.1, 0.15) is 0 Å². The fourth-order valence-electron chi connectivity index (χ4n) is 1.87. The van der Waals surface area contributed by atoms with Crippen molar-refractivity contribution in [3.8, 4) is 0 Å². The third-order valence-corrected chi connectivity index (χ3v) is 3.27. The molecule has 1 heterocycles. The number of rotatable bonds is 5. The van der Waals surface area contributed by atoms with Crippen LogP contribution in [0.25, 0.3) is 0 Å². The zero-order valence-electron chi connectivity index (χ0n) is 10.8. The Labute approximate surface area is 113 Å². The average Bonchev–Trinajstić information content (AvgIpc) is 2.70. The summed E-state index contributed by atoms with van der Waals surface area (Å²) in [5.74, 6) is 0. The molecule has 4 heteroatoms. The lowest BCUT2D eigenvalue weighted by molar-refractivity contribution is 0.678. The molecule has 96 valence electrons. The van der Waals surface area contributed by atoms with Gasteiger partial charge in [-0.15, -0.1) is 0 Å². The van der Waals surface area contributed by atoms with Crippen molar-refractivity contribution in [3.05, 3.63) is 52.3 Å². The summed E-state index contributed by atoms with van der Waals surface area (Å²) in [6.45, 7) is 6.69. The van der Waals surface area contributed by atoms with E-state index in [9.17, 15) is 0 Å². The second kappa shape index (κ2) is 6.03. The first kappa shape index (κ1) is 13.1. The van der Waals surface area contributed by atoms with Crippen molar-refractivity contribution in [2.45, 2.75) is 26.9 Å². The van der Waals surface area contributed by atoms with Crippen molar-refractivity contribution in [2.24, 2.45) is 0 Å². The highest BCUT2D eigenvalue weighted by Crippen LogP contribution is 2.16. The number of hydrogen-bond acceptors (Lipinski definition) is 2. The second-order valence-corrected chi connectivity index (χ2v) is 4.72. The molecule has 2 rings (SSSR count). The number of halogens is 1. The van der Waals surface area contributed by atoms with Crippen molar-refractivity contribution < 1.29 is 0 Å². The smallest absolute Gasteiger partial charge is 0.0674 e. The van der Waals surface area contributed by atoms with E-state index in [1.54, 1.807) is 0 Å². The minimum Gasteiger partial charge on any atom is -0.313 e. The predicted molar refractivity (Wildman–Crippen MR) is 74.9 cm³/mol. The van der Waals surface area contributed by atoms with Crippen LogP contribution in [0.4, 0.5) is 0 Å². The quantitative estimate of drug-likeness (QED) is 0.899. The van der Waals surface area contributed by atoms with Gasteiger partial charge in [-0.25, -0.2) is 0 Å². The van der Waals surface area contributed by atoms with Crippen LogP contribution in [-0.2, 0) is 13.1 Å². The third-order valence-electron chi connectivity index (χ3n) is 2.90. The van der Waals surface area contributed by atoms with E-state index < -0.39 is 0 Å². The Balaban J connectivity index is 2.13. The van der Waals surface area contributed by atoms with Gasteiger partial charge in [-0.05, 0) is 25.1 Å². The van der Waals surface area contributed by atoms with Crippen LogP contribution in [-0.4, -0.2) is 16.3 Å². The van der Waals surface area contributed by atoms with Gasteiger partial charge in [-0.1, -0.05) is 36.7 Å². The SMILES string of the molecule is CCNCc1cn(Cc2ccccc2Cl)nc1C. The number of hydrogen-bond donors (Lipinski definition) is 1. The lowest BCUT2D eigenvalue weighted by Crippen LogP contribution is -2.11. The highest BCUT2D eigenvalue weighted by molar-refractivity contribution is 6.31. The number of benzene rings is 1. The van der Waals surface area contributed by atoms with E-state index in [-0.39, 0.29) is 0 Å². The normalized spacial score (nSPS) is 10.8. The summed E-state index contributed by atoms with van der Waals surface area (Å²) in [6, 6.07) is 7.88. The molecule has 1 aromatic carbocycles. The summed E-state index contributed by atoms with van der Waals surface area (Å²) in [5.41, 5.74) is 3.41. The lowest BCUT2D eigenvalue weighted by atomic mass is 10.2. The lowest BCUT2D eigenvalue weighted by Gasteiger charge is -2.03. The van der Waals surface area contributed by atoms with Crippen LogP contribution in [0, 0.1) is 6.92 Å². The Morgan fingerprint density at radius 1 is 1.28 bits per heavy atom. The zero-order valence-corrected chi connectivity index (χ0v) is 11.5. The van der Waals surface area contributed by atoms with Gasteiger partial charge in [0.05, 0.1) is 12.2 Å². The molecule has 3 nitrogen and oxygen atoms in total. The first-order chi connectivity index (χ1) is 8.70. The van der Waals surface area contributed by atoms with E-state index in [0.29, 0.717) is 6.54 Å². The number of nitrogens with zero attached hydrogens (tertiary/aromatic N) is 2. The van der Waals surface area contributed by atoms with Crippen molar-refractivity contribution in [1.82, 2.24) is 15.1 Å². The maximum atomic E-state index is 6.15. The third kappa shape index (κ3) is 3.12. The molecule has 0 spiro atoms. The first-order valence-corrected chi connectivity index (χ1v) is 6.55. The summed E-state index contributed by atoms with van der Waals surface area (Å²) >= 11 is 6.15. The van der Waals surface area contributed by atoms with E-state index in [1.807, 2.05) is 35.9 Å². The molecule has 0 aliphatic carbocycles. The fraction of sp³-hybridized carbons (Fsp3) is 0.357. The molecule has 0 saturated carbocycles. The Kier molecular flexibility index (Phi) is 4.39. The molecule has 1 aromatic heterocycles. The summed E-state index contributed by atoms with van der Waals surface area (Å²) in [5, 5.41) is 8.62. The predicted octanol–water partition coefficient (Wildman–Crippen LogP) is 3.00. The number of nitrogens with one attached hydrogen (secondary N) is 1. The van der Waals surface area contributed by atoms with Crippen LogP contribution in [0.1, 0.15) is 23.7 Å².